The zero-order valence-corrected chi connectivity index (χ0v) is 11.4. The molecule has 19 heavy (non-hydrogen) atoms. The molecular weight excluding hydrogens is 267 g/mol. The quantitative estimate of drug-likeness (QED) is 0.902. The first-order valence-electron chi connectivity index (χ1n) is 6.45. The third kappa shape index (κ3) is 2.90. The maximum absolute atomic E-state index is 13.1. The van der Waals surface area contributed by atoms with Gasteiger partial charge >= 0.3 is 0 Å². The maximum atomic E-state index is 13.1. The lowest BCUT2D eigenvalue weighted by Gasteiger charge is -2.15. The minimum Gasteiger partial charge on any atom is -0.341 e. The van der Waals surface area contributed by atoms with E-state index < -0.39 is 0 Å². The van der Waals surface area contributed by atoms with Crippen LogP contribution in [0.1, 0.15) is 24.3 Å². The van der Waals surface area contributed by atoms with Crippen LogP contribution in [-0.2, 0) is 4.79 Å². The van der Waals surface area contributed by atoms with Crippen LogP contribution in [0, 0.1) is 11.7 Å². The van der Waals surface area contributed by atoms with Gasteiger partial charge in [-0.2, -0.15) is 0 Å². The first-order chi connectivity index (χ1) is 8.65. The Balaban J connectivity index is 0.00000133. The largest absolute Gasteiger partial charge is 0.341 e. The molecule has 2 unspecified atom stereocenters. The smallest absolute Gasteiger partial charge is 0.226 e. The van der Waals surface area contributed by atoms with Gasteiger partial charge in [0.2, 0.25) is 5.91 Å². The van der Waals surface area contributed by atoms with Crippen LogP contribution >= 0.6 is 12.4 Å². The Morgan fingerprint density at radius 1 is 1.42 bits per heavy atom. The maximum Gasteiger partial charge on any atom is 0.226 e. The van der Waals surface area contributed by atoms with E-state index in [4.69, 9.17) is 5.73 Å². The van der Waals surface area contributed by atoms with Crippen LogP contribution in [0.15, 0.2) is 24.3 Å². The summed E-state index contributed by atoms with van der Waals surface area (Å²) in [4.78, 5) is 14.1. The normalized spacial score (nSPS) is 28.9. The van der Waals surface area contributed by atoms with Crippen molar-refractivity contribution < 1.29 is 9.18 Å². The molecule has 2 aliphatic rings. The van der Waals surface area contributed by atoms with Crippen LogP contribution in [-0.4, -0.2) is 29.9 Å². The number of carbonyl (C=O) groups is 1. The number of rotatable bonds is 2. The Bertz CT molecular complexity index is 482. The molecule has 3 rings (SSSR count). The van der Waals surface area contributed by atoms with Gasteiger partial charge < -0.3 is 10.6 Å². The summed E-state index contributed by atoms with van der Waals surface area (Å²) in [6, 6.07) is 6.70. The molecule has 3 nitrogen and oxygen atoms in total. The van der Waals surface area contributed by atoms with Gasteiger partial charge in [-0.05, 0) is 36.5 Å². The van der Waals surface area contributed by atoms with E-state index in [9.17, 15) is 9.18 Å². The van der Waals surface area contributed by atoms with Crippen molar-refractivity contribution in [3.63, 3.8) is 0 Å². The summed E-state index contributed by atoms with van der Waals surface area (Å²) < 4.78 is 13.1. The van der Waals surface area contributed by atoms with Crippen molar-refractivity contribution in [3.05, 3.63) is 35.6 Å². The number of amides is 1. The number of hydrogen-bond acceptors (Lipinski definition) is 2. The molecule has 5 heteroatoms. The van der Waals surface area contributed by atoms with Gasteiger partial charge in [0.05, 0.1) is 0 Å². The second-order valence-electron chi connectivity index (χ2n) is 5.34. The standard InChI is InChI=1S/C14H17FN2O.ClH/c15-10-3-1-2-9(6-10)12-7-13(12)14(18)17-5-4-11(16)8-17;/h1-3,6,11-13H,4-5,7-8,16H2;1H/t11-,12?,13?;/m1./s1. The Kier molecular flexibility index (Phi) is 4.11. The zero-order valence-electron chi connectivity index (χ0n) is 10.6. The second kappa shape index (κ2) is 5.47. The lowest BCUT2D eigenvalue weighted by molar-refractivity contribution is -0.131. The molecule has 1 heterocycles. The van der Waals surface area contributed by atoms with Gasteiger partial charge in [0.25, 0.3) is 0 Å². The fraction of sp³-hybridized carbons (Fsp3) is 0.500. The molecule has 1 aromatic rings. The van der Waals surface area contributed by atoms with Gasteiger partial charge in [-0.25, -0.2) is 4.39 Å². The van der Waals surface area contributed by atoms with E-state index in [1.807, 2.05) is 11.0 Å². The van der Waals surface area contributed by atoms with Crippen molar-refractivity contribution in [2.75, 3.05) is 13.1 Å². The Hall–Kier alpha value is -1.13. The zero-order chi connectivity index (χ0) is 12.7. The van der Waals surface area contributed by atoms with Gasteiger partial charge in [0, 0.05) is 25.0 Å². The Labute approximate surface area is 118 Å². The number of halogens is 2. The molecule has 0 aromatic heterocycles. The van der Waals surface area contributed by atoms with Crippen LogP contribution in [0.25, 0.3) is 0 Å². The third-order valence-corrected chi connectivity index (χ3v) is 3.92. The van der Waals surface area contributed by atoms with Crippen LogP contribution in [0.2, 0.25) is 0 Å². The van der Waals surface area contributed by atoms with Crippen molar-refractivity contribution in [2.24, 2.45) is 11.7 Å². The average molecular weight is 285 g/mol. The topological polar surface area (TPSA) is 46.3 Å². The molecule has 1 saturated heterocycles. The number of nitrogens with zero attached hydrogens (tertiary/aromatic N) is 1. The first-order valence-corrected chi connectivity index (χ1v) is 6.45. The van der Waals surface area contributed by atoms with E-state index >= 15 is 0 Å². The first kappa shape index (κ1) is 14.3. The van der Waals surface area contributed by atoms with E-state index in [-0.39, 0.29) is 42.0 Å². The molecule has 2 N–H and O–H groups in total. The molecule has 0 radical (unpaired) electrons. The van der Waals surface area contributed by atoms with Crippen molar-refractivity contribution >= 4 is 18.3 Å². The fourth-order valence-corrected chi connectivity index (χ4v) is 2.80. The van der Waals surface area contributed by atoms with E-state index in [2.05, 4.69) is 0 Å². The minimum absolute atomic E-state index is 0. The number of likely N-dealkylation sites (tertiary alicyclic amines) is 1. The van der Waals surface area contributed by atoms with E-state index in [1.54, 1.807) is 6.07 Å². The summed E-state index contributed by atoms with van der Waals surface area (Å²) in [5, 5.41) is 0. The van der Waals surface area contributed by atoms with E-state index in [0.29, 0.717) is 6.54 Å². The number of carbonyl (C=O) groups excluding carboxylic acids is 1. The average Bonchev–Trinajstić information content (AvgIpc) is 3.04. The van der Waals surface area contributed by atoms with Crippen molar-refractivity contribution in [2.45, 2.75) is 24.8 Å². The van der Waals surface area contributed by atoms with Crippen molar-refractivity contribution in [1.82, 2.24) is 4.90 Å². The van der Waals surface area contributed by atoms with Crippen molar-refractivity contribution in [1.29, 1.82) is 0 Å². The molecule has 1 saturated carbocycles. The summed E-state index contributed by atoms with van der Waals surface area (Å²) in [6.45, 7) is 1.44. The van der Waals surface area contributed by atoms with Crippen LogP contribution in [0.3, 0.4) is 0 Å². The number of nitrogens with two attached hydrogens (primary N) is 1. The highest BCUT2D eigenvalue weighted by Crippen LogP contribution is 2.48. The summed E-state index contributed by atoms with van der Waals surface area (Å²) in [5.74, 6) is 0.202. The van der Waals surface area contributed by atoms with E-state index in [0.717, 1.165) is 24.9 Å². The lowest BCUT2D eigenvalue weighted by atomic mass is 10.1. The predicted molar refractivity (Wildman–Crippen MR) is 73.7 cm³/mol. The summed E-state index contributed by atoms with van der Waals surface area (Å²) in [6.07, 6.45) is 1.73. The van der Waals surface area contributed by atoms with Gasteiger partial charge in [0.1, 0.15) is 5.82 Å². The molecular formula is C14H18ClFN2O. The molecule has 1 aliphatic heterocycles. The SMILES string of the molecule is Cl.N[C@@H]1CCN(C(=O)C2CC2c2cccc(F)c2)C1. The third-order valence-electron chi connectivity index (χ3n) is 3.92. The highest BCUT2D eigenvalue weighted by molar-refractivity contribution is 5.85. The monoisotopic (exact) mass is 284 g/mol. The molecule has 0 spiro atoms. The van der Waals surface area contributed by atoms with Gasteiger partial charge in [0.15, 0.2) is 0 Å². The Morgan fingerprint density at radius 2 is 2.21 bits per heavy atom. The van der Waals surface area contributed by atoms with Gasteiger partial charge in [-0.3, -0.25) is 4.79 Å². The molecule has 104 valence electrons. The molecule has 0 bridgehead atoms. The number of benzene rings is 1. The van der Waals surface area contributed by atoms with Crippen molar-refractivity contribution in [3.8, 4) is 0 Å². The molecule has 1 aliphatic carbocycles. The van der Waals surface area contributed by atoms with Gasteiger partial charge in [-0.15, -0.1) is 12.4 Å². The van der Waals surface area contributed by atoms with E-state index in [1.165, 1.54) is 12.1 Å². The predicted octanol–water partition coefficient (Wildman–Crippen LogP) is 1.91. The summed E-state index contributed by atoms with van der Waals surface area (Å²) in [7, 11) is 0. The molecule has 1 aromatic carbocycles. The lowest BCUT2D eigenvalue weighted by Crippen LogP contribution is -2.33. The fourth-order valence-electron chi connectivity index (χ4n) is 2.80. The minimum atomic E-state index is -0.228. The van der Waals surface area contributed by atoms with Crippen LogP contribution < -0.4 is 5.73 Å². The summed E-state index contributed by atoms with van der Waals surface area (Å²) in [5.41, 5.74) is 6.75. The molecule has 2 fully saturated rings. The molecule has 3 atom stereocenters. The van der Waals surface area contributed by atoms with Crippen LogP contribution in [0.4, 0.5) is 4.39 Å². The second-order valence-corrected chi connectivity index (χ2v) is 5.34. The highest BCUT2D eigenvalue weighted by Gasteiger charge is 2.46. The van der Waals surface area contributed by atoms with Gasteiger partial charge in [-0.1, -0.05) is 12.1 Å². The van der Waals surface area contributed by atoms with Crippen LogP contribution in [0.5, 0.6) is 0 Å². The number of hydrogen-bond donors (Lipinski definition) is 1. The Morgan fingerprint density at radius 3 is 2.84 bits per heavy atom. The summed E-state index contributed by atoms with van der Waals surface area (Å²) >= 11 is 0. The highest BCUT2D eigenvalue weighted by atomic mass is 35.5. The molecule has 1 amide bonds.